The molecule has 12 radical (unpaired) electrons. The zero-order chi connectivity index (χ0) is 21.0. The predicted octanol–water partition coefficient (Wildman–Crippen LogP) is 7.39. The summed E-state index contributed by atoms with van der Waals surface area (Å²) in [6.45, 7) is 29.1. The van der Waals surface area contributed by atoms with Gasteiger partial charge >= 0.3 is 54.1 Å². The van der Waals surface area contributed by atoms with E-state index in [0.29, 0.717) is 0 Å². The summed E-state index contributed by atoms with van der Waals surface area (Å²) in [4.78, 5) is 0. The maximum atomic E-state index is 2.38. The van der Waals surface area contributed by atoms with Crippen LogP contribution in [-0.4, -0.2) is 30.4 Å². The Morgan fingerprint density at radius 1 is 0.444 bits per heavy atom. The average Bonchev–Trinajstić information content (AvgIpc) is 2.86. The Hall–Kier alpha value is 1.88. The molecule has 0 spiro atoms. The minimum absolute atomic E-state index is 0. The van der Waals surface area contributed by atoms with Crippen LogP contribution in [0, 0.1) is 59.2 Å². The van der Waals surface area contributed by atoms with Gasteiger partial charge in [0.25, 0.3) is 0 Å². The Morgan fingerprint density at radius 3 is 0.556 bits per heavy atom. The van der Waals surface area contributed by atoms with Crippen molar-refractivity contribution < 1.29 is 25.8 Å². The van der Waals surface area contributed by atoms with Crippen LogP contribution in [0.3, 0.4) is 0 Å². The molecule has 0 nitrogen and oxygen atoms in total. The van der Waals surface area contributed by atoms with Gasteiger partial charge in [-0.2, -0.15) is 0 Å². The minimum atomic E-state index is -0.627. The zero-order valence-corrected chi connectivity index (χ0v) is 25.3. The van der Waals surface area contributed by atoms with Crippen molar-refractivity contribution in [3.8, 4) is 0 Å². The van der Waals surface area contributed by atoms with E-state index in [4.69, 9.17) is 0 Å². The van der Waals surface area contributed by atoms with Gasteiger partial charge in [0.15, 0.2) is 0 Å². The van der Waals surface area contributed by atoms with Gasteiger partial charge in [-0.05, 0) is 59.2 Å². The molecule has 150 valence electrons. The molecule has 0 aromatic heterocycles. The van der Waals surface area contributed by atoms with Crippen molar-refractivity contribution in [3.05, 3.63) is 59.2 Å². The van der Waals surface area contributed by atoms with Crippen molar-refractivity contribution in [2.24, 2.45) is 0 Å². The molecule has 0 heterocycles. The SMILES string of the molecule is C[C]1[C](C)[C](C)[C](C)[C]1C.C[C]1[C](C)[C](C)[C](C)[C]1C.C[Si](C)(C)C[Te].[Sc]. The van der Waals surface area contributed by atoms with Crippen LogP contribution in [0.4, 0.5) is 0 Å². The summed E-state index contributed by atoms with van der Waals surface area (Å²) in [7, 11) is -0.627. The fraction of sp³-hybridized carbons (Fsp3) is 0.583. The van der Waals surface area contributed by atoms with Gasteiger partial charge in [0.1, 0.15) is 0 Å². The first-order valence-corrected chi connectivity index (χ1v) is 15.0. The molecule has 0 amide bonds. The van der Waals surface area contributed by atoms with Crippen LogP contribution in [-0.2, 0) is 25.8 Å². The molecule has 2 aliphatic carbocycles. The van der Waals surface area contributed by atoms with Gasteiger partial charge in [0.2, 0.25) is 0 Å². The Kier molecular flexibility index (Phi) is 15.3. The van der Waals surface area contributed by atoms with Crippen LogP contribution in [0.2, 0.25) is 23.7 Å². The largest absolute Gasteiger partial charge is 0 e. The molecule has 2 fully saturated rings. The Bertz CT molecular complexity index is 275. The molecule has 0 aliphatic heterocycles. The maximum absolute atomic E-state index is 2.38. The number of rotatable bonds is 1. The van der Waals surface area contributed by atoms with Crippen LogP contribution < -0.4 is 0 Å². The number of hydrogen-bond donors (Lipinski definition) is 0. The van der Waals surface area contributed by atoms with Crippen molar-refractivity contribution in [2.45, 2.75) is 93.0 Å². The second kappa shape index (κ2) is 13.3. The molecule has 3 heteroatoms. The smallest absolute Gasteiger partial charge is 0 e. The summed E-state index contributed by atoms with van der Waals surface area (Å²) >= 11 is 2.21. The third kappa shape index (κ3) is 9.27. The molecule has 0 atom stereocenters. The summed E-state index contributed by atoms with van der Waals surface area (Å²) < 4.78 is 1.42. The van der Waals surface area contributed by atoms with Gasteiger partial charge in [-0.1, -0.05) is 69.2 Å². The Labute approximate surface area is 206 Å². The second-order valence-electron chi connectivity index (χ2n) is 8.95. The number of hydrogen-bond acceptors (Lipinski definition) is 0. The molecule has 2 saturated carbocycles. The predicted molar refractivity (Wildman–Crippen MR) is 123 cm³/mol. The van der Waals surface area contributed by atoms with E-state index in [1.165, 1.54) is 63.3 Å². The normalized spacial score (nSPS) is 23.8. The molecule has 27 heavy (non-hydrogen) atoms. The van der Waals surface area contributed by atoms with E-state index in [1.54, 1.807) is 0 Å². The van der Waals surface area contributed by atoms with Crippen molar-refractivity contribution in [2.75, 3.05) is 0 Å². The monoisotopic (exact) mass is 532 g/mol. The van der Waals surface area contributed by atoms with Gasteiger partial charge in [-0.15, -0.1) is 0 Å². The van der Waals surface area contributed by atoms with E-state index in [9.17, 15) is 0 Å². The molecule has 0 saturated heterocycles. The van der Waals surface area contributed by atoms with Crippen molar-refractivity contribution in [1.29, 1.82) is 0 Å². The summed E-state index contributed by atoms with van der Waals surface area (Å²) in [6.07, 6.45) is 0. The molecular weight excluding hydrogens is 489 g/mol. The second-order valence-corrected chi connectivity index (χ2v) is 16.8. The molecular formula is C24H41ScSiTe. The fourth-order valence-electron chi connectivity index (χ4n) is 2.81. The van der Waals surface area contributed by atoms with Gasteiger partial charge in [0.05, 0.1) is 0 Å². The molecule has 0 aromatic carbocycles. The summed E-state index contributed by atoms with van der Waals surface area (Å²) in [6, 6.07) is 0. The molecule has 2 rings (SSSR count). The molecule has 0 unspecified atom stereocenters. The van der Waals surface area contributed by atoms with Crippen LogP contribution in [0.25, 0.3) is 0 Å². The summed E-state index contributed by atoms with van der Waals surface area (Å²) in [5.41, 5.74) is 0. The summed E-state index contributed by atoms with van der Waals surface area (Å²) in [5, 5.41) is 0. The third-order valence-electron chi connectivity index (χ3n) is 6.06. The zero-order valence-electron chi connectivity index (χ0n) is 20.2. The van der Waals surface area contributed by atoms with Crippen molar-refractivity contribution in [1.82, 2.24) is 0 Å². The van der Waals surface area contributed by atoms with Crippen LogP contribution in [0.1, 0.15) is 69.2 Å². The molecule has 0 aromatic rings. The van der Waals surface area contributed by atoms with E-state index in [-0.39, 0.29) is 25.8 Å². The van der Waals surface area contributed by atoms with Gasteiger partial charge in [0, 0.05) is 25.8 Å². The summed E-state index contributed by atoms with van der Waals surface area (Å²) in [5.74, 6) is 14.7. The maximum Gasteiger partial charge on any atom is 0 e. The Balaban J connectivity index is 0. The first-order chi connectivity index (χ1) is 11.7. The van der Waals surface area contributed by atoms with Gasteiger partial charge in [-0.25, -0.2) is 0 Å². The van der Waals surface area contributed by atoms with Crippen molar-refractivity contribution in [3.63, 3.8) is 0 Å². The van der Waals surface area contributed by atoms with Crippen LogP contribution in [0.5, 0.6) is 0 Å². The molecule has 0 N–H and O–H groups in total. The minimum Gasteiger partial charge on any atom is 0 e. The fourth-order valence-corrected chi connectivity index (χ4v) is 2.81. The third-order valence-corrected chi connectivity index (χ3v) is 14.3. The first-order valence-electron chi connectivity index (χ1n) is 9.64. The van der Waals surface area contributed by atoms with Crippen LogP contribution in [0.15, 0.2) is 0 Å². The topological polar surface area (TPSA) is 0 Å². The standard InChI is InChI=1S/2C10H15.C4H11SiTe.Sc/c2*1-6-7(2)9(4)10(5)8(6)3;1-5(2,3)4-6;/h2*1-5H3;4H2,1-3H3;. The van der Waals surface area contributed by atoms with E-state index < -0.39 is 8.07 Å². The van der Waals surface area contributed by atoms with Gasteiger partial charge in [-0.3, -0.25) is 0 Å². The molecule has 2 aliphatic rings. The quantitative estimate of drug-likeness (QED) is 0.310. The van der Waals surface area contributed by atoms with E-state index >= 15 is 0 Å². The van der Waals surface area contributed by atoms with Gasteiger partial charge < -0.3 is 0 Å². The van der Waals surface area contributed by atoms with E-state index in [2.05, 4.69) is 111 Å². The van der Waals surface area contributed by atoms with E-state index in [1.807, 2.05) is 0 Å². The van der Waals surface area contributed by atoms with Crippen molar-refractivity contribution >= 4 is 30.4 Å². The first kappa shape index (κ1) is 31.1. The Morgan fingerprint density at radius 2 is 0.519 bits per heavy atom. The van der Waals surface area contributed by atoms with E-state index in [0.717, 1.165) is 0 Å². The van der Waals surface area contributed by atoms with Crippen LogP contribution >= 0.6 is 0 Å². The average molecular weight is 530 g/mol. The molecule has 0 bridgehead atoms.